The number of anilines is 1. The Labute approximate surface area is 132 Å². The van der Waals surface area contributed by atoms with Crippen molar-refractivity contribution in [3.05, 3.63) is 65.9 Å². The molecule has 2 aromatic carbocycles. The smallest absolute Gasteiger partial charge is 0.268 e. The lowest BCUT2D eigenvalue weighted by atomic mass is 9.99. The molecule has 1 atom stereocenters. The predicted molar refractivity (Wildman–Crippen MR) is 88.3 cm³/mol. The quantitative estimate of drug-likeness (QED) is 0.680. The number of carbonyl (C=O) groups excluding carboxylic acids is 2. The van der Waals surface area contributed by atoms with Gasteiger partial charge in [0.15, 0.2) is 0 Å². The lowest BCUT2D eigenvalue weighted by Crippen LogP contribution is -2.47. The molecule has 2 heterocycles. The average Bonchev–Trinajstić information content (AvgIpc) is 3.00. The van der Waals surface area contributed by atoms with E-state index in [0.29, 0.717) is 12.1 Å². The van der Waals surface area contributed by atoms with E-state index in [0.717, 1.165) is 22.2 Å². The van der Waals surface area contributed by atoms with Gasteiger partial charge in [-0.1, -0.05) is 36.4 Å². The van der Waals surface area contributed by atoms with Crippen LogP contribution < -0.4 is 10.6 Å². The second-order valence-corrected chi connectivity index (χ2v) is 5.65. The van der Waals surface area contributed by atoms with Gasteiger partial charge < -0.3 is 15.6 Å². The van der Waals surface area contributed by atoms with Crippen LogP contribution in [0.15, 0.2) is 54.6 Å². The minimum atomic E-state index is -0.566. The molecule has 3 N–H and O–H groups in total. The maximum atomic E-state index is 12.4. The summed E-state index contributed by atoms with van der Waals surface area (Å²) < 4.78 is 0. The summed E-state index contributed by atoms with van der Waals surface area (Å²) in [6.07, 6.45) is 0.494. The summed E-state index contributed by atoms with van der Waals surface area (Å²) in [6, 6.07) is 16.5. The molecule has 0 spiro atoms. The van der Waals surface area contributed by atoms with Crippen LogP contribution in [-0.2, 0) is 11.2 Å². The maximum absolute atomic E-state index is 12.4. The molecule has 114 valence electrons. The fourth-order valence-corrected chi connectivity index (χ4v) is 2.90. The Morgan fingerprint density at radius 1 is 1.09 bits per heavy atom. The summed E-state index contributed by atoms with van der Waals surface area (Å²) in [5.41, 5.74) is 3.19. The van der Waals surface area contributed by atoms with Crippen molar-refractivity contribution in [2.45, 2.75) is 12.5 Å². The fourth-order valence-electron chi connectivity index (χ4n) is 2.90. The first-order chi connectivity index (χ1) is 11.2. The average molecular weight is 305 g/mol. The van der Waals surface area contributed by atoms with Crippen molar-refractivity contribution >= 4 is 28.4 Å². The van der Waals surface area contributed by atoms with E-state index in [9.17, 15) is 9.59 Å². The summed E-state index contributed by atoms with van der Waals surface area (Å²) in [4.78, 5) is 27.7. The molecular weight excluding hydrogens is 290 g/mol. The molecule has 5 nitrogen and oxygen atoms in total. The number of para-hydroxylation sites is 2. The van der Waals surface area contributed by atoms with Crippen LogP contribution in [0.5, 0.6) is 0 Å². The van der Waals surface area contributed by atoms with Crippen molar-refractivity contribution in [3.63, 3.8) is 0 Å². The van der Waals surface area contributed by atoms with Crippen molar-refractivity contribution in [1.82, 2.24) is 10.3 Å². The van der Waals surface area contributed by atoms with Crippen molar-refractivity contribution in [1.29, 1.82) is 0 Å². The van der Waals surface area contributed by atoms with Gasteiger partial charge in [-0.3, -0.25) is 9.59 Å². The first kappa shape index (κ1) is 13.6. The standard InChI is InChI=1S/C18H15N3O2/c22-17(15-9-11-5-1-3-7-13(11)19-15)21-16-10-12-6-2-4-8-14(12)20-18(16)23/h1-9,16,19H,10H2,(H,20,23)(H,21,22). The van der Waals surface area contributed by atoms with Crippen LogP contribution in [0.3, 0.4) is 0 Å². The molecule has 0 fully saturated rings. The van der Waals surface area contributed by atoms with E-state index in [2.05, 4.69) is 15.6 Å². The van der Waals surface area contributed by atoms with Gasteiger partial charge >= 0.3 is 0 Å². The van der Waals surface area contributed by atoms with Crippen molar-refractivity contribution in [3.8, 4) is 0 Å². The van der Waals surface area contributed by atoms with Crippen LogP contribution in [-0.4, -0.2) is 22.8 Å². The molecule has 1 aliphatic heterocycles. The number of hydrogen-bond donors (Lipinski definition) is 3. The number of benzene rings is 2. The van der Waals surface area contributed by atoms with Crippen LogP contribution in [0, 0.1) is 0 Å². The van der Waals surface area contributed by atoms with Gasteiger partial charge in [0.1, 0.15) is 11.7 Å². The van der Waals surface area contributed by atoms with Gasteiger partial charge in [0, 0.05) is 23.0 Å². The Bertz CT molecular complexity index is 880. The third kappa shape index (κ3) is 2.46. The molecule has 0 radical (unpaired) electrons. The second-order valence-electron chi connectivity index (χ2n) is 5.65. The number of rotatable bonds is 2. The highest BCUT2D eigenvalue weighted by atomic mass is 16.2. The topological polar surface area (TPSA) is 74.0 Å². The largest absolute Gasteiger partial charge is 0.351 e. The Balaban J connectivity index is 1.55. The van der Waals surface area contributed by atoms with Gasteiger partial charge in [0.05, 0.1) is 0 Å². The van der Waals surface area contributed by atoms with Crippen molar-refractivity contribution in [2.75, 3.05) is 5.32 Å². The molecule has 1 unspecified atom stereocenters. The van der Waals surface area contributed by atoms with E-state index >= 15 is 0 Å². The van der Waals surface area contributed by atoms with Gasteiger partial charge in [-0.05, 0) is 23.8 Å². The first-order valence-corrected chi connectivity index (χ1v) is 7.48. The molecule has 0 bridgehead atoms. The highest BCUT2D eigenvalue weighted by molar-refractivity contribution is 6.04. The van der Waals surface area contributed by atoms with E-state index in [4.69, 9.17) is 0 Å². The number of aromatic nitrogens is 1. The summed E-state index contributed by atoms with van der Waals surface area (Å²) in [5.74, 6) is -0.464. The molecule has 5 heteroatoms. The molecule has 3 aromatic rings. The zero-order valence-electron chi connectivity index (χ0n) is 12.3. The van der Waals surface area contributed by atoms with E-state index in [1.165, 1.54) is 0 Å². The predicted octanol–water partition coefficient (Wildman–Crippen LogP) is 2.46. The lowest BCUT2D eigenvalue weighted by molar-refractivity contribution is -0.118. The molecule has 4 rings (SSSR count). The van der Waals surface area contributed by atoms with E-state index in [1.54, 1.807) is 6.07 Å². The van der Waals surface area contributed by atoms with Crippen molar-refractivity contribution < 1.29 is 9.59 Å². The van der Waals surface area contributed by atoms with Crippen LogP contribution >= 0.6 is 0 Å². The molecular formula is C18H15N3O2. The van der Waals surface area contributed by atoms with Gasteiger partial charge in [-0.2, -0.15) is 0 Å². The van der Waals surface area contributed by atoms with Crippen LogP contribution in [0.2, 0.25) is 0 Å². The second kappa shape index (κ2) is 5.28. The molecule has 0 saturated heterocycles. The molecule has 2 amide bonds. The molecule has 1 aromatic heterocycles. The summed E-state index contributed by atoms with van der Waals surface area (Å²) in [7, 11) is 0. The third-order valence-electron chi connectivity index (χ3n) is 4.10. The van der Waals surface area contributed by atoms with E-state index < -0.39 is 6.04 Å². The molecule has 0 aliphatic carbocycles. The Morgan fingerprint density at radius 2 is 1.87 bits per heavy atom. The summed E-state index contributed by atoms with van der Waals surface area (Å²) in [6.45, 7) is 0. The highest BCUT2D eigenvalue weighted by Gasteiger charge is 2.27. The van der Waals surface area contributed by atoms with Gasteiger partial charge in [0.25, 0.3) is 5.91 Å². The SMILES string of the molecule is O=C(NC1Cc2ccccc2NC1=O)c1cc2ccccc2[nH]1. The zero-order chi connectivity index (χ0) is 15.8. The number of fused-ring (bicyclic) bond motifs is 2. The minimum Gasteiger partial charge on any atom is -0.351 e. The Morgan fingerprint density at radius 3 is 2.74 bits per heavy atom. The molecule has 0 saturated carbocycles. The highest BCUT2D eigenvalue weighted by Crippen LogP contribution is 2.22. The fraction of sp³-hybridized carbons (Fsp3) is 0.111. The zero-order valence-corrected chi connectivity index (χ0v) is 12.3. The third-order valence-corrected chi connectivity index (χ3v) is 4.10. The Kier molecular flexibility index (Phi) is 3.12. The summed E-state index contributed by atoms with van der Waals surface area (Å²) in [5, 5.41) is 6.60. The van der Waals surface area contributed by atoms with E-state index in [1.807, 2.05) is 48.5 Å². The van der Waals surface area contributed by atoms with Gasteiger partial charge in [-0.15, -0.1) is 0 Å². The van der Waals surface area contributed by atoms with Crippen LogP contribution in [0.1, 0.15) is 16.1 Å². The Hall–Kier alpha value is -3.08. The van der Waals surface area contributed by atoms with Crippen LogP contribution in [0.25, 0.3) is 10.9 Å². The lowest BCUT2D eigenvalue weighted by Gasteiger charge is -2.25. The number of hydrogen-bond acceptors (Lipinski definition) is 2. The number of H-pyrrole nitrogens is 1. The minimum absolute atomic E-state index is 0.187. The van der Waals surface area contributed by atoms with Crippen LogP contribution in [0.4, 0.5) is 5.69 Å². The maximum Gasteiger partial charge on any atom is 0.268 e. The van der Waals surface area contributed by atoms with Gasteiger partial charge in [0.2, 0.25) is 5.91 Å². The summed E-state index contributed by atoms with van der Waals surface area (Å²) >= 11 is 0. The van der Waals surface area contributed by atoms with E-state index in [-0.39, 0.29) is 11.8 Å². The molecule has 1 aliphatic rings. The number of aromatic amines is 1. The number of nitrogens with one attached hydrogen (secondary N) is 3. The van der Waals surface area contributed by atoms with Gasteiger partial charge in [-0.25, -0.2) is 0 Å². The number of carbonyl (C=O) groups is 2. The molecule has 23 heavy (non-hydrogen) atoms. The number of amides is 2. The normalized spacial score (nSPS) is 16.7. The monoisotopic (exact) mass is 305 g/mol. The first-order valence-electron chi connectivity index (χ1n) is 7.48. The van der Waals surface area contributed by atoms with Crippen molar-refractivity contribution in [2.24, 2.45) is 0 Å².